The fourth-order valence-corrected chi connectivity index (χ4v) is 2.10. The predicted octanol–water partition coefficient (Wildman–Crippen LogP) is 2.20. The van der Waals surface area contributed by atoms with Crippen molar-refractivity contribution in [1.29, 1.82) is 0 Å². The third-order valence-electron chi connectivity index (χ3n) is 3.83. The first kappa shape index (κ1) is 13.5. The van der Waals surface area contributed by atoms with Gasteiger partial charge in [-0.15, -0.1) is 0 Å². The van der Waals surface area contributed by atoms with Crippen LogP contribution in [0.25, 0.3) is 0 Å². The van der Waals surface area contributed by atoms with E-state index in [0.29, 0.717) is 6.42 Å². The predicted molar refractivity (Wildman–Crippen MR) is 67.1 cm³/mol. The summed E-state index contributed by atoms with van der Waals surface area (Å²) in [5, 5.41) is 3.01. The standard InChI is InChI=1S/C13H26N2O/c1-4-12(2,3)10-15-11(16)9-13(14)7-5-6-8-13/h4-10,14H2,1-3H3,(H,15,16). The molecule has 0 heterocycles. The van der Waals surface area contributed by atoms with Crippen LogP contribution in [0.2, 0.25) is 0 Å². The second kappa shape index (κ2) is 5.17. The minimum atomic E-state index is -0.222. The zero-order valence-corrected chi connectivity index (χ0v) is 10.9. The molecule has 3 nitrogen and oxygen atoms in total. The van der Waals surface area contributed by atoms with Crippen LogP contribution in [-0.2, 0) is 4.79 Å². The van der Waals surface area contributed by atoms with Gasteiger partial charge < -0.3 is 11.1 Å². The Labute approximate surface area is 99.2 Å². The number of nitrogens with one attached hydrogen (secondary N) is 1. The van der Waals surface area contributed by atoms with E-state index in [0.717, 1.165) is 25.8 Å². The Bertz CT molecular complexity index is 242. The third kappa shape index (κ3) is 4.12. The summed E-state index contributed by atoms with van der Waals surface area (Å²) in [5.74, 6) is 0.117. The smallest absolute Gasteiger partial charge is 0.221 e. The molecule has 0 unspecified atom stereocenters. The lowest BCUT2D eigenvalue weighted by Crippen LogP contribution is -2.43. The van der Waals surface area contributed by atoms with Crippen LogP contribution in [0.15, 0.2) is 0 Å². The van der Waals surface area contributed by atoms with Crippen LogP contribution < -0.4 is 11.1 Å². The van der Waals surface area contributed by atoms with Crippen LogP contribution in [0.1, 0.15) is 59.3 Å². The van der Waals surface area contributed by atoms with Gasteiger partial charge in [0, 0.05) is 18.5 Å². The van der Waals surface area contributed by atoms with Crippen molar-refractivity contribution in [1.82, 2.24) is 5.32 Å². The van der Waals surface area contributed by atoms with Crippen molar-refractivity contribution in [2.75, 3.05) is 6.54 Å². The van der Waals surface area contributed by atoms with E-state index in [1.165, 1.54) is 12.8 Å². The molecular formula is C13H26N2O. The van der Waals surface area contributed by atoms with Crippen LogP contribution >= 0.6 is 0 Å². The Morgan fingerprint density at radius 2 is 1.94 bits per heavy atom. The lowest BCUT2D eigenvalue weighted by atomic mass is 9.89. The number of carbonyl (C=O) groups excluding carboxylic acids is 1. The molecule has 0 aromatic heterocycles. The lowest BCUT2D eigenvalue weighted by molar-refractivity contribution is -0.122. The van der Waals surface area contributed by atoms with Crippen molar-refractivity contribution in [2.45, 2.75) is 64.8 Å². The summed E-state index contributed by atoms with van der Waals surface area (Å²) in [7, 11) is 0. The quantitative estimate of drug-likeness (QED) is 0.755. The van der Waals surface area contributed by atoms with Gasteiger partial charge in [-0.05, 0) is 24.7 Å². The van der Waals surface area contributed by atoms with Crippen molar-refractivity contribution < 1.29 is 4.79 Å². The summed E-state index contributed by atoms with van der Waals surface area (Å²) >= 11 is 0. The van der Waals surface area contributed by atoms with E-state index in [9.17, 15) is 4.79 Å². The minimum Gasteiger partial charge on any atom is -0.356 e. The second-order valence-electron chi connectivity index (χ2n) is 6.04. The minimum absolute atomic E-state index is 0.117. The molecule has 0 saturated heterocycles. The molecule has 1 rings (SSSR count). The SMILES string of the molecule is CCC(C)(C)CNC(=O)CC1(N)CCCC1. The van der Waals surface area contributed by atoms with Crippen molar-refractivity contribution >= 4 is 5.91 Å². The Morgan fingerprint density at radius 1 is 1.38 bits per heavy atom. The number of rotatable bonds is 5. The van der Waals surface area contributed by atoms with E-state index >= 15 is 0 Å². The van der Waals surface area contributed by atoms with Gasteiger partial charge in [0.15, 0.2) is 0 Å². The normalized spacial score (nSPS) is 19.8. The van der Waals surface area contributed by atoms with E-state index in [1.807, 2.05) is 0 Å². The molecule has 1 aliphatic carbocycles. The van der Waals surface area contributed by atoms with Crippen molar-refractivity contribution in [3.8, 4) is 0 Å². The molecular weight excluding hydrogens is 200 g/mol. The molecule has 1 aliphatic rings. The van der Waals surface area contributed by atoms with Crippen molar-refractivity contribution in [3.63, 3.8) is 0 Å². The van der Waals surface area contributed by atoms with Gasteiger partial charge in [-0.2, -0.15) is 0 Å². The molecule has 0 atom stereocenters. The summed E-state index contributed by atoms with van der Waals surface area (Å²) in [6.45, 7) is 7.23. The van der Waals surface area contributed by atoms with Gasteiger partial charge in [0.1, 0.15) is 0 Å². The molecule has 0 bridgehead atoms. The lowest BCUT2D eigenvalue weighted by Gasteiger charge is -2.26. The van der Waals surface area contributed by atoms with Crippen molar-refractivity contribution in [3.05, 3.63) is 0 Å². The number of carbonyl (C=O) groups is 1. The molecule has 0 spiro atoms. The molecule has 1 saturated carbocycles. The maximum Gasteiger partial charge on any atom is 0.221 e. The maximum absolute atomic E-state index is 11.8. The van der Waals surface area contributed by atoms with Crippen LogP contribution in [-0.4, -0.2) is 18.0 Å². The number of amides is 1. The fraction of sp³-hybridized carbons (Fsp3) is 0.923. The van der Waals surface area contributed by atoms with E-state index in [1.54, 1.807) is 0 Å². The summed E-state index contributed by atoms with van der Waals surface area (Å²) in [6, 6.07) is 0. The average molecular weight is 226 g/mol. The monoisotopic (exact) mass is 226 g/mol. The Kier molecular flexibility index (Phi) is 4.36. The van der Waals surface area contributed by atoms with E-state index in [4.69, 9.17) is 5.73 Å². The average Bonchev–Trinajstić information content (AvgIpc) is 2.62. The van der Waals surface area contributed by atoms with Crippen LogP contribution in [0, 0.1) is 5.41 Å². The molecule has 94 valence electrons. The first-order chi connectivity index (χ1) is 7.37. The summed E-state index contributed by atoms with van der Waals surface area (Å²) in [4.78, 5) is 11.8. The zero-order chi connectivity index (χ0) is 12.2. The van der Waals surface area contributed by atoms with E-state index in [2.05, 4.69) is 26.1 Å². The van der Waals surface area contributed by atoms with Gasteiger partial charge >= 0.3 is 0 Å². The second-order valence-corrected chi connectivity index (χ2v) is 6.04. The molecule has 1 amide bonds. The number of nitrogens with two attached hydrogens (primary N) is 1. The first-order valence-electron chi connectivity index (χ1n) is 6.42. The topological polar surface area (TPSA) is 55.1 Å². The molecule has 0 radical (unpaired) electrons. The van der Waals surface area contributed by atoms with Gasteiger partial charge in [-0.3, -0.25) is 4.79 Å². The van der Waals surface area contributed by atoms with Gasteiger partial charge in [0.2, 0.25) is 5.91 Å². The summed E-state index contributed by atoms with van der Waals surface area (Å²) in [6.07, 6.45) is 5.90. The highest BCUT2D eigenvalue weighted by Crippen LogP contribution is 2.30. The largest absolute Gasteiger partial charge is 0.356 e. The maximum atomic E-state index is 11.8. The third-order valence-corrected chi connectivity index (χ3v) is 3.83. The van der Waals surface area contributed by atoms with Crippen LogP contribution in [0.3, 0.4) is 0 Å². The molecule has 0 aromatic rings. The van der Waals surface area contributed by atoms with Gasteiger partial charge in [0.25, 0.3) is 0 Å². The van der Waals surface area contributed by atoms with Gasteiger partial charge in [-0.25, -0.2) is 0 Å². The van der Waals surface area contributed by atoms with Crippen LogP contribution in [0.4, 0.5) is 0 Å². The Hall–Kier alpha value is -0.570. The highest BCUT2D eigenvalue weighted by atomic mass is 16.1. The summed E-state index contributed by atoms with van der Waals surface area (Å²) in [5.41, 5.74) is 6.14. The van der Waals surface area contributed by atoms with E-state index in [-0.39, 0.29) is 16.9 Å². The zero-order valence-electron chi connectivity index (χ0n) is 10.9. The molecule has 3 N–H and O–H groups in total. The molecule has 0 aromatic carbocycles. The van der Waals surface area contributed by atoms with Gasteiger partial charge in [-0.1, -0.05) is 33.6 Å². The molecule has 1 fully saturated rings. The highest BCUT2D eigenvalue weighted by molar-refractivity contribution is 5.77. The Morgan fingerprint density at radius 3 is 2.44 bits per heavy atom. The molecule has 0 aliphatic heterocycles. The number of hydrogen-bond donors (Lipinski definition) is 2. The van der Waals surface area contributed by atoms with Gasteiger partial charge in [0.05, 0.1) is 0 Å². The molecule has 16 heavy (non-hydrogen) atoms. The van der Waals surface area contributed by atoms with Crippen molar-refractivity contribution in [2.24, 2.45) is 11.1 Å². The first-order valence-corrected chi connectivity index (χ1v) is 6.42. The molecule has 3 heteroatoms. The van der Waals surface area contributed by atoms with Crippen LogP contribution in [0.5, 0.6) is 0 Å². The Balaban J connectivity index is 2.31. The summed E-state index contributed by atoms with van der Waals surface area (Å²) < 4.78 is 0. The van der Waals surface area contributed by atoms with E-state index < -0.39 is 0 Å². The number of hydrogen-bond acceptors (Lipinski definition) is 2. The fourth-order valence-electron chi connectivity index (χ4n) is 2.10. The highest BCUT2D eigenvalue weighted by Gasteiger charge is 2.31.